The van der Waals surface area contributed by atoms with Crippen molar-refractivity contribution in [2.75, 3.05) is 0 Å². The van der Waals surface area contributed by atoms with Crippen molar-refractivity contribution in [2.45, 2.75) is 32.8 Å². The van der Waals surface area contributed by atoms with E-state index < -0.39 is 6.10 Å². The fourth-order valence-electron chi connectivity index (χ4n) is 0.762. The largest absolute Gasteiger partial charge is 0.392 e. The van der Waals surface area contributed by atoms with Gasteiger partial charge in [-0.2, -0.15) is 0 Å². The van der Waals surface area contributed by atoms with Gasteiger partial charge < -0.3 is 9.90 Å². The van der Waals surface area contributed by atoms with Crippen molar-refractivity contribution in [3.63, 3.8) is 0 Å². The Morgan fingerprint density at radius 2 is 2.00 bits per heavy atom. The summed E-state index contributed by atoms with van der Waals surface area (Å²) in [6.07, 6.45) is 1.79. The highest BCUT2D eigenvalue weighted by atomic mass is 16.3. The predicted octanol–water partition coefficient (Wildman–Crippen LogP) is 0.982. The first kappa shape index (κ1) is 8.63. The molecule has 0 amide bonds. The van der Waals surface area contributed by atoms with Crippen molar-refractivity contribution in [3.05, 3.63) is 0 Å². The molecule has 0 bridgehead atoms. The van der Waals surface area contributed by atoms with Crippen LogP contribution in [0.4, 0.5) is 0 Å². The highest BCUT2D eigenvalue weighted by Crippen LogP contribution is 2.07. The molecule has 0 aliphatic rings. The molecule has 2 atom stereocenters. The lowest BCUT2D eigenvalue weighted by atomic mass is 10.00. The highest BCUT2D eigenvalue weighted by molar-refractivity contribution is 5.54. The number of hydrogen-bond donors (Lipinski definition) is 1. The number of rotatable bonds is 4. The molecule has 54 valence electrons. The Bertz CT molecular complexity index is 81.0. The van der Waals surface area contributed by atoms with Gasteiger partial charge in [0.15, 0.2) is 0 Å². The van der Waals surface area contributed by atoms with Gasteiger partial charge in [-0.05, 0) is 12.8 Å². The summed E-state index contributed by atoms with van der Waals surface area (Å²) in [5, 5.41) is 9.09. The molecule has 0 aromatic heterocycles. The zero-order chi connectivity index (χ0) is 7.28. The molecule has 2 heteroatoms. The van der Waals surface area contributed by atoms with E-state index in [0.717, 1.165) is 12.7 Å². The van der Waals surface area contributed by atoms with E-state index in [0.29, 0.717) is 6.42 Å². The van der Waals surface area contributed by atoms with Crippen LogP contribution in [-0.4, -0.2) is 17.5 Å². The van der Waals surface area contributed by atoms with E-state index in [1.165, 1.54) is 0 Å². The van der Waals surface area contributed by atoms with Crippen LogP contribution in [0.1, 0.15) is 26.7 Å². The van der Waals surface area contributed by atoms with Crippen LogP contribution in [-0.2, 0) is 4.79 Å². The maximum atomic E-state index is 10.2. The van der Waals surface area contributed by atoms with Crippen molar-refractivity contribution in [2.24, 2.45) is 5.92 Å². The fourth-order valence-corrected chi connectivity index (χ4v) is 0.762. The average molecular weight is 130 g/mol. The minimum Gasteiger partial charge on any atom is -0.392 e. The Morgan fingerprint density at radius 3 is 2.11 bits per heavy atom. The topological polar surface area (TPSA) is 37.3 Å². The van der Waals surface area contributed by atoms with Gasteiger partial charge >= 0.3 is 0 Å². The van der Waals surface area contributed by atoms with Gasteiger partial charge in [-0.25, -0.2) is 0 Å². The van der Waals surface area contributed by atoms with Crippen LogP contribution in [0.5, 0.6) is 0 Å². The van der Waals surface area contributed by atoms with Gasteiger partial charge in [0.1, 0.15) is 6.29 Å². The molecule has 0 spiro atoms. The lowest BCUT2D eigenvalue weighted by molar-refractivity contribution is -0.114. The molecule has 0 rings (SSSR count). The summed E-state index contributed by atoms with van der Waals surface area (Å²) in [7, 11) is 0. The van der Waals surface area contributed by atoms with Gasteiger partial charge in [-0.3, -0.25) is 0 Å². The SMILES string of the molecule is CC[C@@H](O)[C@H](C=O)CC. The van der Waals surface area contributed by atoms with Crippen LogP contribution in [0, 0.1) is 5.92 Å². The maximum Gasteiger partial charge on any atom is 0.125 e. The molecule has 1 N–H and O–H groups in total. The summed E-state index contributed by atoms with van der Waals surface area (Å²) in [5.41, 5.74) is 0. The quantitative estimate of drug-likeness (QED) is 0.576. The van der Waals surface area contributed by atoms with Gasteiger partial charge in [0, 0.05) is 5.92 Å². The van der Waals surface area contributed by atoms with E-state index in [1.54, 1.807) is 0 Å². The molecular formula is C7H14O2. The van der Waals surface area contributed by atoms with Crippen molar-refractivity contribution < 1.29 is 9.90 Å². The first-order valence-corrected chi connectivity index (χ1v) is 3.39. The molecule has 2 nitrogen and oxygen atoms in total. The summed E-state index contributed by atoms with van der Waals surface area (Å²) in [4.78, 5) is 10.2. The molecule has 0 saturated heterocycles. The summed E-state index contributed by atoms with van der Waals surface area (Å²) in [5.74, 6) is -0.157. The van der Waals surface area contributed by atoms with Gasteiger partial charge in [-0.1, -0.05) is 13.8 Å². The normalized spacial score (nSPS) is 16.8. The lowest BCUT2D eigenvalue weighted by Crippen LogP contribution is -2.19. The Balaban J connectivity index is 3.63. The van der Waals surface area contributed by atoms with Crippen molar-refractivity contribution in [3.8, 4) is 0 Å². The average Bonchev–Trinajstić information content (AvgIpc) is 1.90. The smallest absolute Gasteiger partial charge is 0.125 e. The van der Waals surface area contributed by atoms with Crippen LogP contribution < -0.4 is 0 Å². The van der Waals surface area contributed by atoms with E-state index in [2.05, 4.69) is 0 Å². The number of aliphatic hydroxyl groups is 1. The van der Waals surface area contributed by atoms with Gasteiger partial charge in [0.05, 0.1) is 6.10 Å². The molecule has 0 aromatic carbocycles. The summed E-state index contributed by atoms with van der Waals surface area (Å²) in [6, 6.07) is 0. The molecule has 0 unspecified atom stereocenters. The molecule has 9 heavy (non-hydrogen) atoms. The molecule has 0 aliphatic carbocycles. The van der Waals surface area contributed by atoms with Crippen LogP contribution in [0.3, 0.4) is 0 Å². The minimum atomic E-state index is -0.438. The highest BCUT2D eigenvalue weighted by Gasteiger charge is 2.12. The molecule has 0 fully saturated rings. The zero-order valence-electron chi connectivity index (χ0n) is 6.00. The molecule has 0 saturated carbocycles. The second-order valence-corrected chi connectivity index (χ2v) is 2.18. The zero-order valence-corrected chi connectivity index (χ0v) is 6.00. The summed E-state index contributed by atoms with van der Waals surface area (Å²) < 4.78 is 0. The molecular weight excluding hydrogens is 116 g/mol. The summed E-state index contributed by atoms with van der Waals surface area (Å²) in [6.45, 7) is 3.77. The van der Waals surface area contributed by atoms with E-state index in [4.69, 9.17) is 5.11 Å². The minimum absolute atomic E-state index is 0.157. The molecule has 0 aromatic rings. The number of carbonyl (C=O) groups is 1. The van der Waals surface area contributed by atoms with Crippen LogP contribution in [0.25, 0.3) is 0 Å². The fraction of sp³-hybridized carbons (Fsp3) is 0.857. The predicted molar refractivity (Wildman–Crippen MR) is 36.1 cm³/mol. The van der Waals surface area contributed by atoms with Crippen LogP contribution >= 0.6 is 0 Å². The number of aliphatic hydroxyl groups excluding tert-OH is 1. The Hall–Kier alpha value is -0.370. The third kappa shape index (κ3) is 2.61. The van der Waals surface area contributed by atoms with E-state index >= 15 is 0 Å². The molecule has 0 heterocycles. The second-order valence-electron chi connectivity index (χ2n) is 2.18. The second kappa shape index (κ2) is 4.50. The third-order valence-corrected chi connectivity index (χ3v) is 1.56. The number of carbonyl (C=O) groups excluding carboxylic acids is 1. The standard InChI is InChI=1S/C7H14O2/c1-3-6(5-8)7(9)4-2/h5-7,9H,3-4H2,1-2H3/t6-,7+/m0/s1. The number of aldehydes is 1. The van der Waals surface area contributed by atoms with Gasteiger partial charge in [0.25, 0.3) is 0 Å². The Kier molecular flexibility index (Phi) is 4.32. The van der Waals surface area contributed by atoms with E-state index in [9.17, 15) is 4.79 Å². The van der Waals surface area contributed by atoms with Crippen molar-refractivity contribution in [1.82, 2.24) is 0 Å². The molecule has 0 aliphatic heterocycles. The summed E-state index contributed by atoms with van der Waals surface area (Å²) >= 11 is 0. The van der Waals surface area contributed by atoms with Gasteiger partial charge in [-0.15, -0.1) is 0 Å². The van der Waals surface area contributed by atoms with Crippen LogP contribution in [0.15, 0.2) is 0 Å². The Labute approximate surface area is 55.9 Å². The lowest BCUT2D eigenvalue weighted by Gasteiger charge is -2.12. The van der Waals surface area contributed by atoms with E-state index in [1.807, 2.05) is 13.8 Å². The van der Waals surface area contributed by atoms with Crippen molar-refractivity contribution in [1.29, 1.82) is 0 Å². The first-order valence-electron chi connectivity index (χ1n) is 3.39. The van der Waals surface area contributed by atoms with Crippen LogP contribution in [0.2, 0.25) is 0 Å². The third-order valence-electron chi connectivity index (χ3n) is 1.56. The molecule has 0 radical (unpaired) electrons. The van der Waals surface area contributed by atoms with Crippen molar-refractivity contribution >= 4 is 6.29 Å². The monoisotopic (exact) mass is 130 g/mol. The van der Waals surface area contributed by atoms with Gasteiger partial charge in [0.2, 0.25) is 0 Å². The van der Waals surface area contributed by atoms with E-state index in [-0.39, 0.29) is 5.92 Å². The first-order chi connectivity index (χ1) is 4.26. The maximum absolute atomic E-state index is 10.2. The Morgan fingerprint density at radius 1 is 1.44 bits per heavy atom. The number of hydrogen-bond acceptors (Lipinski definition) is 2.